The topological polar surface area (TPSA) is 105 Å². The van der Waals surface area contributed by atoms with E-state index in [-0.39, 0.29) is 70.6 Å². The average molecular weight is 663 g/mol. The Hall–Kier alpha value is -3.74. The van der Waals surface area contributed by atoms with Crippen LogP contribution in [0.15, 0.2) is 36.5 Å². The number of sulfone groups is 1. The van der Waals surface area contributed by atoms with Crippen LogP contribution in [0.4, 0.5) is 17.6 Å². The first-order chi connectivity index (χ1) is 21.7. The molecule has 3 aliphatic carbocycles. The van der Waals surface area contributed by atoms with Gasteiger partial charge in [-0.25, -0.2) is 22.8 Å². The molecule has 2 heterocycles. The Morgan fingerprint density at radius 1 is 1.09 bits per heavy atom. The Morgan fingerprint density at radius 3 is 2.52 bits per heavy atom. The number of pyridine rings is 2. The molecule has 46 heavy (non-hydrogen) atoms. The number of carbonyl (C=O) groups excluding carboxylic acids is 1. The van der Waals surface area contributed by atoms with Gasteiger partial charge in [0.05, 0.1) is 23.3 Å². The Kier molecular flexibility index (Phi) is 8.49. The number of alkyl halides is 3. The Bertz CT molecular complexity index is 1770. The van der Waals surface area contributed by atoms with Crippen molar-refractivity contribution in [3.05, 3.63) is 70.3 Å². The molecule has 13 heteroatoms. The highest BCUT2D eigenvalue weighted by molar-refractivity contribution is 7.91. The van der Waals surface area contributed by atoms with Gasteiger partial charge >= 0.3 is 12.1 Å². The number of halogens is 4. The van der Waals surface area contributed by atoms with Gasteiger partial charge in [0.25, 0.3) is 0 Å². The number of benzene rings is 1. The number of aromatic nitrogens is 2. The molecule has 2 fully saturated rings. The standard InChI is InChI=1S/C33H34F4N2O6S/c1-4-5-8-43-32(40)31-24-9-18-11-29(38-15-25(18)30(24)31)44-16-19-10-23(26(14-27(19)34)33(35,36)37)22-6-7-28(39-17(22)2)45-20-12-21(13-20)46(3,41)42/h6-7,10-11,14-15,20-21,24,30-31H,4-5,8-9,12-13,16H2,1-3H3/t20?,21?,24-,30-,31+/m1/s1. The van der Waals surface area contributed by atoms with Crippen molar-refractivity contribution >= 4 is 15.8 Å². The van der Waals surface area contributed by atoms with E-state index in [1.165, 1.54) is 25.3 Å². The average Bonchev–Trinajstić information content (AvgIpc) is 3.54. The molecule has 1 aromatic carbocycles. The first-order valence-corrected chi connectivity index (χ1v) is 17.2. The van der Waals surface area contributed by atoms with E-state index in [9.17, 15) is 26.4 Å². The number of nitrogens with zero attached hydrogens (tertiary/aromatic N) is 2. The third-order valence-electron chi connectivity index (χ3n) is 9.16. The fourth-order valence-electron chi connectivity index (χ4n) is 6.44. The number of esters is 1. The van der Waals surface area contributed by atoms with E-state index < -0.39 is 32.6 Å². The van der Waals surface area contributed by atoms with E-state index in [0.717, 1.165) is 30.0 Å². The molecule has 0 saturated heterocycles. The van der Waals surface area contributed by atoms with E-state index in [1.807, 2.05) is 6.92 Å². The van der Waals surface area contributed by atoms with Gasteiger partial charge in [-0.2, -0.15) is 13.2 Å². The number of rotatable bonds is 11. The SMILES string of the molecule is CCCCOC(=O)[C@H]1[C@@H]2Cc3cc(OCc4cc(-c5ccc(OC6CC(S(C)(=O)=O)C6)nc5C)c(C(F)(F)F)cc4F)ncc3[C@@H]21. The van der Waals surface area contributed by atoms with Crippen molar-refractivity contribution in [2.24, 2.45) is 11.8 Å². The lowest BCUT2D eigenvalue weighted by Crippen LogP contribution is -2.42. The maximum atomic E-state index is 15.0. The Balaban J connectivity index is 1.16. The molecule has 6 rings (SSSR count). The lowest BCUT2D eigenvalue weighted by molar-refractivity contribution is -0.146. The summed E-state index contributed by atoms with van der Waals surface area (Å²) in [6.45, 7) is 3.60. The second kappa shape index (κ2) is 12.1. The molecule has 3 aromatic rings. The molecular formula is C33H34F4N2O6S. The molecule has 0 spiro atoms. The van der Waals surface area contributed by atoms with Crippen LogP contribution < -0.4 is 9.47 Å². The number of aryl methyl sites for hydroxylation is 1. The zero-order chi connectivity index (χ0) is 33.0. The van der Waals surface area contributed by atoms with Crippen LogP contribution in [0.5, 0.6) is 11.8 Å². The zero-order valence-corrected chi connectivity index (χ0v) is 26.4. The van der Waals surface area contributed by atoms with Gasteiger partial charge in [0.2, 0.25) is 11.8 Å². The van der Waals surface area contributed by atoms with Crippen LogP contribution in [0.2, 0.25) is 0 Å². The van der Waals surface area contributed by atoms with Crippen molar-refractivity contribution < 1.29 is 45.0 Å². The van der Waals surface area contributed by atoms with Gasteiger partial charge in [-0.05, 0) is 60.6 Å². The van der Waals surface area contributed by atoms with E-state index in [4.69, 9.17) is 14.2 Å². The van der Waals surface area contributed by atoms with Crippen molar-refractivity contribution in [3.8, 4) is 22.9 Å². The van der Waals surface area contributed by atoms with Gasteiger partial charge in [0.15, 0.2) is 9.84 Å². The molecule has 8 nitrogen and oxygen atoms in total. The molecule has 0 aliphatic heterocycles. The summed E-state index contributed by atoms with van der Waals surface area (Å²) in [5.74, 6) is -0.832. The maximum Gasteiger partial charge on any atom is 0.417 e. The summed E-state index contributed by atoms with van der Waals surface area (Å²) in [6.07, 6.45) is 0.670. The van der Waals surface area contributed by atoms with Crippen LogP contribution in [0.3, 0.4) is 0 Å². The van der Waals surface area contributed by atoms with Gasteiger partial charge in [0.1, 0.15) is 18.5 Å². The van der Waals surface area contributed by atoms with Crippen molar-refractivity contribution in [3.63, 3.8) is 0 Å². The number of hydrogen-bond acceptors (Lipinski definition) is 8. The van der Waals surface area contributed by atoms with Gasteiger partial charge in [-0.3, -0.25) is 4.79 Å². The summed E-state index contributed by atoms with van der Waals surface area (Å²) in [7, 11) is -3.17. The maximum absolute atomic E-state index is 15.0. The van der Waals surface area contributed by atoms with Gasteiger partial charge < -0.3 is 14.2 Å². The minimum absolute atomic E-state index is 0.0624. The van der Waals surface area contributed by atoms with Crippen molar-refractivity contribution in [1.29, 1.82) is 0 Å². The predicted octanol–water partition coefficient (Wildman–Crippen LogP) is 6.37. The third-order valence-corrected chi connectivity index (χ3v) is 10.8. The first-order valence-electron chi connectivity index (χ1n) is 15.3. The number of carbonyl (C=O) groups is 1. The molecular weight excluding hydrogens is 628 g/mol. The number of hydrogen-bond donors (Lipinski definition) is 0. The molecule has 2 saturated carbocycles. The quantitative estimate of drug-likeness (QED) is 0.133. The number of ether oxygens (including phenoxy) is 3. The smallest absolute Gasteiger partial charge is 0.417 e. The van der Waals surface area contributed by atoms with Crippen LogP contribution in [-0.2, 0) is 38.6 Å². The highest BCUT2D eigenvalue weighted by atomic mass is 32.2. The zero-order valence-electron chi connectivity index (χ0n) is 25.6. The Morgan fingerprint density at radius 2 is 1.85 bits per heavy atom. The predicted molar refractivity (Wildman–Crippen MR) is 160 cm³/mol. The lowest BCUT2D eigenvalue weighted by Gasteiger charge is -2.33. The second-order valence-electron chi connectivity index (χ2n) is 12.4. The van der Waals surface area contributed by atoms with Crippen LogP contribution >= 0.6 is 0 Å². The van der Waals surface area contributed by atoms with Crippen LogP contribution in [-0.4, -0.2) is 48.6 Å². The van der Waals surface area contributed by atoms with E-state index >= 15 is 4.39 Å². The summed E-state index contributed by atoms with van der Waals surface area (Å²) < 4.78 is 97.4. The second-order valence-corrected chi connectivity index (χ2v) is 14.7. The van der Waals surface area contributed by atoms with Gasteiger partial charge in [-0.15, -0.1) is 0 Å². The molecule has 0 amide bonds. The van der Waals surface area contributed by atoms with Crippen LogP contribution in [0.1, 0.15) is 66.5 Å². The van der Waals surface area contributed by atoms with Crippen molar-refractivity contribution in [1.82, 2.24) is 9.97 Å². The molecule has 3 atom stereocenters. The summed E-state index contributed by atoms with van der Waals surface area (Å²) in [5.41, 5.74) is 0.797. The van der Waals surface area contributed by atoms with Gasteiger partial charge in [-0.1, -0.05) is 13.3 Å². The minimum atomic E-state index is -4.84. The highest BCUT2D eigenvalue weighted by Gasteiger charge is 2.60. The largest absolute Gasteiger partial charge is 0.474 e. The van der Waals surface area contributed by atoms with Crippen LogP contribution in [0.25, 0.3) is 11.1 Å². The highest BCUT2D eigenvalue weighted by Crippen LogP contribution is 2.62. The molecule has 0 radical (unpaired) electrons. The molecule has 2 aromatic heterocycles. The molecule has 0 unspecified atom stereocenters. The molecule has 0 N–H and O–H groups in total. The summed E-state index contributed by atoms with van der Waals surface area (Å²) in [4.78, 5) is 21.0. The van der Waals surface area contributed by atoms with E-state index in [1.54, 1.807) is 12.3 Å². The summed E-state index contributed by atoms with van der Waals surface area (Å²) in [6, 6.07) is 6.16. The number of fused-ring (bicyclic) bond motifs is 3. The fourth-order valence-corrected chi connectivity index (χ4v) is 7.57. The van der Waals surface area contributed by atoms with Gasteiger partial charge in [0, 0.05) is 60.2 Å². The van der Waals surface area contributed by atoms with Crippen molar-refractivity contribution in [2.45, 2.75) is 76.0 Å². The molecule has 246 valence electrons. The summed E-state index contributed by atoms with van der Waals surface area (Å²) in [5, 5.41) is -0.483. The Labute approximate surface area is 264 Å². The van der Waals surface area contributed by atoms with E-state index in [0.29, 0.717) is 31.9 Å². The summed E-state index contributed by atoms with van der Waals surface area (Å²) >= 11 is 0. The minimum Gasteiger partial charge on any atom is -0.474 e. The monoisotopic (exact) mass is 662 g/mol. The molecule has 3 aliphatic rings. The fraction of sp³-hybridized carbons (Fsp3) is 0.485. The number of unbranched alkanes of at least 4 members (excludes halogenated alkanes) is 1. The molecule has 0 bridgehead atoms. The first kappa shape index (κ1) is 32.2. The van der Waals surface area contributed by atoms with E-state index in [2.05, 4.69) is 9.97 Å². The lowest BCUT2D eigenvalue weighted by atomic mass is 9.95. The van der Waals surface area contributed by atoms with Crippen LogP contribution in [0, 0.1) is 24.6 Å². The normalized spacial score (nSPS) is 23.2. The van der Waals surface area contributed by atoms with Crippen molar-refractivity contribution in [2.75, 3.05) is 12.9 Å². The third kappa shape index (κ3) is 6.43.